The van der Waals surface area contributed by atoms with Crippen molar-refractivity contribution in [2.24, 2.45) is 12.0 Å². The average molecular weight is 390 g/mol. The zero-order valence-corrected chi connectivity index (χ0v) is 16.3. The van der Waals surface area contributed by atoms with E-state index in [9.17, 15) is 9.59 Å². The van der Waals surface area contributed by atoms with Crippen molar-refractivity contribution in [1.82, 2.24) is 14.3 Å². The van der Waals surface area contributed by atoms with Gasteiger partial charge < -0.3 is 9.30 Å². The van der Waals surface area contributed by atoms with Crippen molar-refractivity contribution in [2.45, 2.75) is 18.4 Å². The summed E-state index contributed by atoms with van der Waals surface area (Å²) >= 11 is 2.99. The molecule has 26 heavy (non-hydrogen) atoms. The van der Waals surface area contributed by atoms with E-state index in [2.05, 4.69) is 10.1 Å². The largest absolute Gasteiger partial charge is 0.465 e. The topological polar surface area (TPSA) is 78.5 Å². The van der Waals surface area contributed by atoms with Gasteiger partial charge in [0.05, 0.1) is 16.8 Å². The lowest BCUT2D eigenvalue weighted by Gasteiger charge is -2.05. The van der Waals surface area contributed by atoms with Crippen LogP contribution in [-0.2, 0) is 23.1 Å². The highest BCUT2D eigenvalue weighted by Gasteiger charge is 2.14. The van der Waals surface area contributed by atoms with Crippen molar-refractivity contribution < 1.29 is 14.3 Å². The minimum Gasteiger partial charge on any atom is -0.465 e. The molecule has 1 aromatic carbocycles. The predicted octanol–water partition coefficient (Wildman–Crippen LogP) is 2.46. The van der Waals surface area contributed by atoms with Crippen LogP contribution in [0.5, 0.6) is 0 Å². The molecule has 0 saturated carbocycles. The van der Waals surface area contributed by atoms with Gasteiger partial charge in [-0.3, -0.25) is 14.3 Å². The molecule has 1 amide bonds. The molecule has 9 heteroatoms. The summed E-state index contributed by atoms with van der Waals surface area (Å²) in [6.07, 6.45) is 3.68. The number of hydrogen-bond donors (Lipinski definition) is 0. The summed E-state index contributed by atoms with van der Waals surface area (Å²) in [6.45, 7) is 2.06. The third-order valence-corrected chi connectivity index (χ3v) is 5.38. The summed E-state index contributed by atoms with van der Waals surface area (Å²) in [4.78, 5) is 30.2. The number of carbonyl (C=O) groups excluding carboxylic acids is 2. The monoisotopic (exact) mass is 390 g/mol. The Kier molecular flexibility index (Phi) is 5.58. The molecule has 0 bridgehead atoms. The molecule has 0 atom stereocenters. The SMILES string of the molecule is CCOC(=O)Cn1c(=NC(=O)c2ccn(C)n2)sc2cc(SC)ccc21. The number of hydrogen-bond acceptors (Lipinski definition) is 6. The van der Waals surface area contributed by atoms with Crippen LogP contribution in [0.15, 0.2) is 40.4 Å². The fraction of sp³-hybridized carbons (Fsp3) is 0.294. The zero-order valence-electron chi connectivity index (χ0n) is 14.6. The first kappa shape index (κ1) is 18.4. The summed E-state index contributed by atoms with van der Waals surface area (Å²) in [7, 11) is 1.74. The Bertz CT molecular complexity index is 1030. The van der Waals surface area contributed by atoms with Gasteiger partial charge in [-0.2, -0.15) is 10.1 Å². The summed E-state index contributed by atoms with van der Waals surface area (Å²) in [6, 6.07) is 7.55. The van der Waals surface area contributed by atoms with Crippen LogP contribution < -0.4 is 4.80 Å². The maximum Gasteiger partial charge on any atom is 0.326 e. The van der Waals surface area contributed by atoms with Gasteiger partial charge in [0.25, 0.3) is 5.91 Å². The van der Waals surface area contributed by atoms with E-state index in [1.807, 2.05) is 24.5 Å². The van der Waals surface area contributed by atoms with Crippen molar-refractivity contribution in [3.05, 3.63) is 41.0 Å². The molecule has 0 N–H and O–H groups in total. The number of thioether (sulfide) groups is 1. The lowest BCUT2D eigenvalue weighted by molar-refractivity contribution is -0.143. The third-order valence-electron chi connectivity index (χ3n) is 3.61. The van der Waals surface area contributed by atoms with Crippen LogP contribution in [0.1, 0.15) is 17.4 Å². The molecule has 136 valence electrons. The normalized spacial score (nSPS) is 11.9. The van der Waals surface area contributed by atoms with Crippen LogP contribution in [0.4, 0.5) is 0 Å². The number of thiazole rings is 1. The van der Waals surface area contributed by atoms with Crippen LogP contribution in [0, 0.1) is 0 Å². The van der Waals surface area contributed by atoms with E-state index in [1.165, 1.54) is 11.3 Å². The van der Waals surface area contributed by atoms with Crippen LogP contribution in [-0.4, -0.2) is 39.1 Å². The van der Waals surface area contributed by atoms with Crippen LogP contribution >= 0.6 is 23.1 Å². The first-order valence-corrected chi connectivity index (χ1v) is 9.97. The van der Waals surface area contributed by atoms with Gasteiger partial charge in [0.2, 0.25) is 0 Å². The number of ether oxygens (including phenoxy) is 1. The second-order valence-corrected chi connectivity index (χ2v) is 7.29. The van der Waals surface area contributed by atoms with E-state index in [4.69, 9.17) is 4.74 Å². The van der Waals surface area contributed by atoms with Crippen molar-refractivity contribution in [3.8, 4) is 0 Å². The second kappa shape index (κ2) is 7.88. The Morgan fingerprint density at radius 2 is 2.15 bits per heavy atom. The van der Waals surface area contributed by atoms with Crippen LogP contribution in [0.2, 0.25) is 0 Å². The van der Waals surface area contributed by atoms with Crippen LogP contribution in [0.25, 0.3) is 10.2 Å². The highest BCUT2D eigenvalue weighted by atomic mass is 32.2. The summed E-state index contributed by atoms with van der Waals surface area (Å²) in [5, 5.41) is 4.08. The first-order chi connectivity index (χ1) is 12.5. The van der Waals surface area contributed by atoms with Gasteiger partial charge in [0, 0.05) is 18.1 Å². The Balaban J connectivity index is 2.10. The second-order valence-electron chi connectivity index (χ2n) is 5.40. The fourth-order valence-electron chi connectivity index (χ4n) is 2.43. The molecule has 0 unspecified atom stereocenters. The first-order valence-electron chi connectivity index (χ1n) is 7.93. The molecular formula is C17H18N4O3S2. The lowest BCUT2D eigenvalue weighted by atomic mass is 10.3. The smallest absolute Gasteiger partial charge is 0.326 e. The minimum absolute atomic E-state index is 0.000780. The van der Waals surface area contributed by atoms with Gasteiger partial charge in [-0.25, -0.2) is 0 Å². The standard InChI is InChI=1S/C17H18N4O3S2/c1-4-24-15(22)10-21-13-6-5-11(25-3)9-14(13)26-17(21)18-16(23)12-7-8-20(2)19-12/h5-9H,4,10H2,1-3H3. The van der Waals surface area contributed by atoms with Crippen molar-refractivity contribution in [2.75, 3.05) is 12.9 Å². The maximum absolute atomic E-state index is 12.4. The maximum atomic E-state index is 12.4. The quantitative estimate of drug-likeness (QED) is 0.494. The van der Waals surface area contributed by atoms with Crippen molar-refractivity contribution >= 4 is 45.2 Å². The number of benzene rings is 1. The summed E-state index contributed by atoms with van der Waals surface area (Å²) < 4.78 is 9.27. The number of aryl methyl sites for hydroxylation is 1. The van der Waals surface area contributed by atoms with E-state index < -0.39 is 5.91 Å². The molecule has 0 aliphatic rings. The summed E-state index contributed by atoms with van der Waals surface area (Å²) in [5.41, 5.74) is 1.10. The van der Waals surface area contributed by atoms with Gasteiger partial charge in [-0.1, -0.05) is 11.3 Å². The number of fused-ring (bicyclic) bond motifs is 1. The van der Waals surface area contributed by atoms with Gasteiger partial charge in [-0.05, 0) is 37.4 Å². The molecule has 0 saturated heterocycles. The molecule has 2 aromatic heterocycles. The molecule has 0 spiro atoms. The summed E-state index contributed by atoms with van der Waals surface area (Å²) in [5.74, 6) is -0.812. The zero-order chi connectivity index (χ0) is 18.7. The Hall–Kier alpha value is -2.39. The molecular weight excluding hydrogens is 372 g/mol. The number of rotatable bonds is 5. The third kappa shape index (κ3) is 3.88. The number of aromatic nitrogens is 3. The highest BCUT2D eigenvalue weighted by molar-refractivity contribution is 7.98. The number of esters is 1. The van der Waals surface area contributed by atoms with Gasteiger partial charge in [-0.15, -0.1) is 11.8 Å². The lowest BCUT2D eigenvalue weighted by Crippen LogP contribution is -2.23. The van der Waals surface area contributed by atoms with E-state index in [0.29, 0.717) is 11.4 Å². The van der Waals surface area contributed by atoms with Crippen LogP contribution in [0.3, 0.4) is 0 Å². The van der Waals surface area contributed by atoms with E-state index in [0.717, 1.165) is 15.1 Å². The van der Waals surface area contributed by atoms with Gasteiger partial charge in [0.15, 0.2) is 10.5 Å². The van der Waals surface area contributed by atoms with Crippen molar-refractivity contribution in [1.29, 1.82) is 0 Å². The molecule has 2 heterocycles. The fourth-order valence-corrected chi connectivity index (χ4v) is 4.01. The van der Waals surface area contributed by atoms with Crippen molar-refractivity contribution in [3.63, 3.8) is 0 Å². The van der Waals surface area contributed by atoms with E-state index in [-0.39, 0.29) is 18.2 Å². The molecule has 3 aromatic rings. The number of carbonyl (C=O) groups is 2. The number of amides is 1. The molecule has 0 aliphatic heterocycles. The Morgan fingerprint density at radius 1 is 1.35 bits per heavy atom. The van der Waals surface area contributed by atoms with E-state index >= 15 is 0 Å². The molecule has 0 aliphatic carbocycles. The highest BCUT2D eigenvalue weighted by Crippen LogP contribution is 2.24. The van der Waals surface area contributed by atoms with Gasteiger partial charge in [0.1, 0.15) is 6.54 Å². The minimum atomic E-state index is -0.445. The average Bonchev–Trinajstić information content (AvgIpc) is 3.19. The van der Waals surface area contributed by atoms with E-state index in [1.54, 1.807) is 47.2 Å². The van der Waals surface area contributed by atoms with Gasteiger partial charge >= 0.3 is 5.97 Å². The number of nitrogens with zero attached hydrogens (tertiary/aromatic N) is 4. The molecule has 0 fully saturated rings. The molecule has 3 rings (SSSR count). The Labute approximate surface area is 158 Å². The predicted molar refractivity (Wildman–Crippen MR) is 101 cm³/mol. The molecule has 7 nitrogen and oxygen atoms in total. The molecule has 0 radical (unpaired) electrons. The Morgan fingerprint density at radius 3 is 2.81 bits per heavy atom.